The van der Waals surface area contributed by atoms with Crippen LogP contribution in [-0.4, -0.2) is 10.8 Å². The lowest BCUT2D eigenvalue weighted by atomic mass is 9.85. The van der Waals surface area contributed by atoms with Gasteiger partial charge in [0.05, 0.1) is 10.8 Å². The standard InChI is InChI=1S/C11H20Cl2/c1-2-3-4-6-9-7-5-8-10(12)11(9)13/h9-11H,2-8H2,1H3. The highest BCUT2D eigenvalue weighted by Gasteiger charge is 2.29. The fourth-order valence-electron chi connectivity index (χ4n) is 2.15. The molecule has 1 saturated carbocycles. The summed E-state index contributed by atoms with van der Waals surface area (Å²) in [5.74, 6) is 0.685. The largest absolute Gasteiger partial charge is 0.121 e. The minimum Gasteiger partial charge on any atom is -0.121 e. The first-order valence-electron chi connectivity index (χ1n) is 5.53. The van der Waals surface area contributed by atoms with Crippen LogP contribution in [0.5, 0.6) is 0 Å². The molecule has 2 heteroatoms. The van der Waals surface area contributed by atoms with Gasteiger partial charge in [0, 0.05) is 0 Å². The van der Waals surface area contributed by atoms with E-state index in [2.05, 4.69) is 6.92 Å². The summed E-state index contributed by atoms with van der Waals surface area (Å²) >= 11 is 12.4. The Kier molecular flexibility index (Phi) is 5.50. The van der Waals surface area contributed by atoms with E-state index < -0.39 is 0 Å². The third-order valence-electron chi connectivity index (χ3n) is 3.03. The number of halogens is 2. The average molecular weight is 223 g/mol. The zero-order chi connectivity index (χ0) is 9.68. The zero-order valence-electron chi connectivity index (χ0n) is 8.44. The van der Waals surface area contributed by atoms with Gasteiger partial charge >= 0.3 is 0 Å². The molecule has 1 aliphatic carbocycles. The molecule has 1 aliphatic rings. The van der Waals surface area contributed by atoms with E-state index in [9.17, 15) is 0 Å². The highest BCUT2D eigenvalue weighted by Crippen LogP contribution is 2.35. The van der Waals surface area contributed by atoms with Gasteiger partial charge in [0.1, 0.15) is 0 Å². The molecule has 0 saturated heterocycles. The van der Waals surface area contributed by atoms with Crippen LogP contribution in [0.2, 0.25) is 0 Å². The topological polar surface area (TPSA) is 0 Å². The molecule has 1 rings (SSSR count). The van der Waals surface area contributed by atoms with Crippen molar-refractivity contribution in [2.45, 2.75) is 62.6 Å². The Bertz CT molecular complexity index is 136. The van der Waals surface area contributed by atoms with Crippen molar-refractivity contribution in [1.29, 1.82) is 0 Å². The molecule has 0 radical (unpaired) electrons. The van der Waals surface area contributed by atoms with Crippen LogP contribution >= 0.6 is 23.2 Å². The molecule has 0 aromatic heterocycles. The average Bonchev–Trinajstić information content (AvgIpc) is 2.13. The fourth-order valence-corrected chi connectivity index (χ4v) is 2.89. The molecule has 0 heterocycles. The van der Waals surface area contributed by atoms with Gasteiger partial charge in [0.2, 0.25) is 0 Å². The minimum absolute atomic E-state index is 0.224. The maximum atomic E-state index is 6.28. The third-order valence-corrected chi connectivity index (χ3v) is 4.31. The van der Waals surface area contributed by atoms with Crippen LogP contribution < -0.4 is 0 Å². The predicted octanol–water partition coefficient (Wildman–Crippen LogP) is 4.58. The molecule has 0 amide bonds. The van der Waals surface area contributed by atoms with E-state index in [0.717, 1.165) is 6.42 Å². The van der Waals surface area contributed by atoms with Crippen molar-refractivity contribution in [1.82, 2.24) is 0 Å². The maximum Gasteiger partial charge on any atom is 0.0527 e. The number of hydrogen-bond acceptors (Lipinski definition) is 0. The van der Waals surface area contributed by atoms with E-state index in [1.54, 1.807) is 0 Å². The molecule has 0 bridgehead atoms. The number of rotatable bonds is 4. The van der Waals surface area contributed by atoms with E-state index in [4.69, 9.17) is 23.2 Å². The second kappa shape index (κ2) is 6.14. The van der Waals surface area contributed by atoms with Crippen LogP contribution in [-0.2, 0) is 0 Å². The summed E-state index contributed by atoms with van der Waals surface area (Å²) in [6.45, 7) is 2.24. The molecule has 0 N–H and O–H groups in total. The Morgan fingerprint density at radius 2 is 1.92 bits per heavy atom. The van der Waals surface area contributed by atoms with Crippen LogP contribution in [0.4, 0.5) is 0 Å². The molecule has 3 atom stereocenters. The van der Waals surface area contributed by atoms with Gasteiger partial charge in [-0.1, -0.05) is 32.6 Å². The summed E-state index contributed by atoms with van der Waals surface area (Å²) in [7, 11) is 0. The Labute approximate surface area is 92.0 Å². The van der Waals surface area contributed by atoms with Gasteiger partial charge in [-0.3, -0.25) is 0 Å². The summed E-state index contributed by atoms with van der Waals surface area (Å²) < 4.78 is 0. The quantitative estimate of drug-likeness (QED) is 0.483. The van der Waals surface area contributed by atoms with Crippen molar-refractivity contribution in [3.05, 3.63) is 0 Å². The Morgan fingerprint density at radius 3 is 2.62 bits per heavy atom. The smallest absolute Gasteiger partial charge is 0.0527 e. The van der Waals surface area contributed by atoms with Crippen molar-refractivity contribution in [2.75, 3.05) is 0 Å². The normalized spacial score (nSPS) is 34.8. The van der Waals surface area contributed by atoms with Crippen LogP contribution in [0, 0.1) is 5.92 Å². The van der Waals surface area contributed by atoms with Gasteiger partial charge in [-0.2, -0.15) is 0 Å². The number of alkyl halides is 2. The summed E-state index contributed by atoms with van der Waals surface area (Å²) in [5.41, 5.74) is 0. The summed E-state index contributed by atoms with van der Waals surface area (Å²) in [4.78, 5) is 0. The molecule has 3 unspecified atom stereocenters. The molecular weight excluding hydrogens is 203 g/mol. The van der Waals surface area contributed by atoms with E-state index >= 15 is 0 Å². The molecule has 0 spiro atoms. The number of unbranched alkanes of at least 4 members (excludes halogenated alkanes) is 2. The molecule has 13 heavy (non-hydrogen) atoms. The lowest BCUT2D eigenvalue weighted by Crippen LogP contribution is -2.29. The molecule has 0 aromatic rings. The molecule has 0 aromatic carbocycles. The van der Waals surface area contributed by atoms with E-state index in [0.29, 0.717) is 5.92 Å². The predicted molar refractivity (Wildman–Crippen MR) is 60.8 cm³/mol. The zero-order valence-corrected chi connectivity index (χ0v) is 9.95. The number of hydrogen-bond donors (Lipinski definition) is 0. The van der Waals surface area contributed by atoms with Gasteiger partial charge in [-0.15, -0.1) is 23.2 Å². The summed E-state index contributed by atoms with van der Waals surface area (Å²) in [5, 5.41) is 0.453. The Morgan fingerprint density at radius 1 is 1.15 bits per heavy atom. The molecule has 78 valence electrons. The van der Waals surface area contributed by atoms with E-state index in [1.807, 2.05) is 0 Å². The van der Waals surface area contributed by atoms with Gasteiger partial charge < -0.3 is 0 Å². The highest BCUT2D eigenvalue weighted by atomic mass is 35.5. The Hall–Kier alpha value is 0.580. The third kappa shape index (κ3) is 3.67. The van der Waals surface area contributed by atoms with Crippen LogP contribution in [0.25, 0.3) is 0 Å². The second-order valence-electron chi connectivity index (χ2n) is 4.15. The summed E-state index contributed by atoms with van der Waals surface area (Å²) in [6, 6.07) is 0. The monoisotopic (exact) mass is 222 g/mol. The van der Waals surface area contributed by atoms with Crippen molar-refractivity contribution in [3.8, 4) is 0 Å². The van der Waals surface area contributed by atoms with E-state index in [-0.39, 0.29) is 10.8 Å². The Balaban J connectivity index is 2.23. The molecule has 0 aliphatic heterocycles. The second-order valence-corrected chi connectivity index (χ2v) is 5.21. The van der Waals surface area contributed by atoms with Gasteiger partial charge in [-0.25, -0.2) is 0 Å². The molecule has 0 nitrogen and oxygen atoms in total. The first-order chi connectivity index (χ1) is 6.25. The first kappa shape index (κ1) is 11.7. The lowest BCUT2D eigenvalue weighted by Gasteiger charge is -2.30. The van der Waals surface area contributed by atoms with Crippen LogP contribution in [0.15, 0.2) is 0 Å². The van der Waals surface area contributed by atoms with E-state index in [1.165, 1.54) is 38.5 Å². The van der Waals surface area contributed by atoms with Crippen molar-refractivity contribution in [3.63, 3.8) is 0 Å². The molecular formula is C11H20Cl2. The minimum atomic E-state index is 0.224. The van der Waals surface area contributed by atoms with Crippen LogP contribution in [0.1, 0.15) is 51.9 Å². The van der Waals surface area contributed by atoms with Gasteiger partial charge in [-0.05, 0) is 25.2 Å². The first-order valence-corrected chi connectivity index (χ1v) is 6.41. The van der Waals surface area contributed by atoms with Crippen molar-refractivity contribution in [2.24, 2.45) is 5.92 Å². The van der Waals surface area contributed by atoms with Gasteiger partial charge in [0.25, 0.3) is 0 Å². The van der Waals surface area contributed by atoms with Crippen molar-refractivity contribution < 1.29 is 0 Å². The highest BCUT2D eigenvalue weighted by molar-refractivity contribution is 6.30. The van der Waals surface area contributed by atoms with Gasteiger partial charge in [0.15, 0.2) is 0 Å². The lowest BCUT2D eigenvalue weighted by molar-refractivity contribution is 0.340. The van der Waals surface area contributed by atoms with Crippen molar-refractivity contribution >= 4 is 23.2 Å². The SMILES string of the molecule is CCCCCC1CCCC(Cl)C1Cl. The maximum absolute atomic E-state index is 6.28. The summed E-state index contributed by atoms with van der Waals surface area (Å²) in [6.07, 6.45) is 8.92. The van der Waals surface area contributed by atoms with Crippen LogP contribution in [0.3, 0.4) is 0 Å². The molecule has 1 fully saturated rings. The fraction of sp³-hybridized carbons (Fsp3) is 1.00.